The highest BCUT2D eigenvalue weighted by atomic mass is 16.6. The second kappa shape index (κ2) is 5.64. The lowest BCUT2D eigenvalue weighted by Gasteiger charge is -2.16. The number of nitrogens with zero attached hydrogens (tertiary/aromatic N) is 2. The Balaban J connectivity index is 1.99. The fourth-order valence-electron chi connectivity index (χ4n) is 2.85. The van der Waals surface area contributed by atoms with Crippen molar-refractivity contribution in [2.24, 2.45) is 0 Å². The highest BCUT2D eigenvalue weighted by molar-refractivity contribution is 6.25. The van der Waals surface area contributed by atoms with Gasteiger partial charge in [-0.25, -0.2) is 4.90 Å². The van der Waals surface area contributed by atoms with Crippen molar-refractivity contribution in [2.75, 3.05) is 4.90 Å². The lowest BCUT2D eigenvalue weighted by molar-refractivity contribution is -0.384. The maximum Gasteiger partial charge on any atom is 0.269 e. The summed E-state index contributed by atoms with van der Waals surface area (Å²) in [6.45, 7) is 1.90. The van der Waals surface area contributed by atoms with Gasteiger partial charge in [-0.1, -0.05) is 25.1 Å². The molecule has 1 aliphatic heterocycles. The van der Waals surface area contributed by atoms with Crippen LogP contribution in [-0.4, -0.2) is 16.7 Å². The predicted octanol–water partition coefficient (Wildman–Crippen LogP) is 3.28. The molecular formula is C17H14N2O4. The molecule has 0 bridgehead atoms. The normalized spacial score (nSPS) is 16.3. The maximum absolute atomic E-state index is 12.7. The van der Waals surface area contributed by atoms with Crippen molar-refractivity contribution < 1.29 is 14.5 Å². The van der Waals surface area contributed by atoms with Gasteiger partial charge in [-0.3, -0.25) is 19.7 Å². The Hall–Kier alpha value is -3.02. The molecule has 0 saturated carbocycles. The lowest BCUT2D eigenvalue weighted by atomic mass is 9.98. The molecule has 23 heavy (non-hydrogen) atoms. The first-order chi connectivity index (χ1) is 11.0. The number of non-ortho nitro benzene ring substituents is 1. The van der Waals surface area contributed by atoms with Crippen molar-refractivity contribution in [3.8, 4) is 0 Å². The van der Waals surface area contributed by atoms with E-state index in [1.807, 2.05) is 19.1 Å². The van der Waals surface area contributed by atoms with E-state index >= 15 is 0 Å². The van der Waals surface area contributed by atoms with Gasteiger partial charge in [-0.05, 0) is 30.2 Å². The van der Waals surface area contributed by atoms with E-state index < -0.39 is 10.8 Å². The molecule has 0 aliphatic carbocycles. The third-order valence-electron chi connectivity index (χ3n) is 4.01. The first-order valence-electron chi connectivity index (χ1n) is 7.26. The average molecular weight is 310 g/mol. The molecule has 0 fully saturated rings. The number of para-hydroxylation sites is 1. The number of rotatable bonds is 3. The van der Waals surface area contributed by atoms with E-state index in [0.717, 1.165) is 5.56 Å². The van der Waals surface area contributed by atoms with Crippen LogP contribution >= 0.6 is 0 Å². The molecule has 1 unspecified atom stereocenters. The van der Waals surface area contributed by atoms with Gasteiger partial charge in [0.25, 0.3) is 11.6 Å². The average Bonchev–Trinajstić information content (AvgIpc) is 2.85. The van der Waals surface area contributed by atoms with Crippen molar-refractivity contribution in [3.63, 3.8) is 0 Å². The zero-order valence-corrected chi connectivity index (χ0v) is 12.4. The van der Waals surface area contributed by atoms with E-state index in [0.29, 0.717) is 12.1 Å². The molecule has 2 aromatic carbocycles. The van der Waals surface area contributed by atoms with Gasteiger partial charge in [0.1, 0.15) is 0 Å². The van der Waals surface area contributed by atoms with E-state index in [2.05, 4.69) is 0 Å². The third kappa shape index (κ3) is 2.38. The van der Waals surface area contributed by atoms with Gasteiger partial charge < -0.3 is 0 Å². The van der Waals surface area contributed by atoms with Crippen molar-refractivity contribution >= 4 is 23.2 Å². The molecule has 0 spiro atoms. The van der Waals surface area contributed by atoms with Crippen LogP contribution in [0.5, 0.6) is 0 Å². The highest BCUT2D eigenvalue weighted by Gasteiger charge is 2.39. The van der Waals surface area contributed by atoms with Crippen LogP contribution in [-0.2, 0) is 4.79 Å². The molecule has 2 amide bonds. The summed E-state index contributed by atoms with van der Waals surface area (Å²) in [4.78, 5) is 36.6. The fourth-order valence-corrected chi connectivity index (χ4v) is 2.85. The minimum Gasteiger partial charge on any atom is -0.273 e. The number of imide groups is 1. The quantitative estimate of drug-likeness (QED) is 0.495. The van der Waals surface area contributed by atoms with Crippen LogP contribution in [0, 0.1) is 10.1 Å². The van der Waals surface area contributed by atoms with Crippen LogP contribution in [0.3, 0.4) is 0 Å². The van der Waals surface area contributed by atoms with E-state index in [1.165, 1.54) is 29.2 Å². The van der Waals surface area contributed by atoms with Crippen LogP contribution in [0.25, 0.3) is 0 Å². The standard InChI is InChI=1S/C17H14N2O4/c1-2-13-14-5-3-4-6-15(14)18(17(13)21)16(20)11-7-9-12(10-8-11)19(22)23/h3-10,13H,2H2,1H3. The second-order valence-electron chi connectivity index (χ2n) is 5.30. The molecule has 6 heteroatoms. The Labute approximate surface area is 132 Å². The highest BCUT2D eigenvalue weighted by Crippen LogP contribution is 2.39. The molecule has 1 heterocycles. The number of carbonyl (C=O) groups excluding carboxylic acids is 2. The Morgan fingerprint density at radius 1 is 1.17 bits per heavy atom. The van der Waals surface area contributed by atoms with Crippen LogP contribution in [0.2, 0.25) is 0 Å². The summed E-state index contributed by atoms with van der Waals surface area (Å²) in [5, 5.41) is 10.7. The number of carbonyl (C=O) groups is 2. The van der Waals surface area contributed by atoms with E-state index in [9.17, 15) is 19.7 Å². The summed E-state index contributed by atoms with van der Waals surface area (Å²) in [5.41, 5.74) is 1.58. The van der Waals surface area contributed by atoms with Gasteiger partial charge in [0.15, 0.2) is 0 Å². The molecule has 6 nitrogen and oxygen atoms in total. The predicted molar refractivity (Wildman–Crippen MR) is 84.4 cm³/mol. The number of anilines is 1. The molecule has 0 radical (unpaired) electrons. The molecule has 0 N–H and O–H groups in total. The minimum atomic E-state index is -0.530. The Morgan fingerprint density at radius 3 is 2.43 bits per heavy atom. The molecule has 0 aromatic heterocycles. The number of fused-ring (bicyclic) bond motifs is 1. The monoisotopic (exact) mass is 310 g/mol. The summed E-state index contributed by atoms with van der Waals surface area (Å²) in [7, 11) is 0. The van der Waals surface area contributed by atoms with Gasteiger partial charge in [0.2, 0.25) is 5.91 Å². The number of nitro groups is 1. The zero-order chi connectivity index (χ0) is 16.6. The number of hydrogen-bond donors (Lipinski definition) is 0. The first-order valence-corrected chi connectivity index (χ1v) is 7.26. The Kier molecular flexibility index (Phi) is 3.65. The minimum absolute atomic E-state index is 0.0962. The van der Waals surface area contributed by atoms with Gasteiger partial charge in [-0.15, -0.1) is 0 Å². The number of hydrogen-bond acceptors (Lipinski definition) is 4. The van der Waals surface area contributed by atoms with Gasteiger partial charge in [0, 0.05) is 17.7 Å². The zero-order valence-electron chi connectivity index (χ0n) is 12.4. The molecule has 1 atom stereocenters. The number of amides is 2. The Morgan fingerprint density at radius 2 is 1.83 bits per heavy atom. The van der Waals surface area contributed by atoms with Crippen molar-refractivity contribution in [2.45, 2.75) is 19.3 Å². The van der Waals surface area contributed by atoms with Crippen LogP contribution in [0.1, 0.15) is 35.2 Å². The van der Waals surface area contributed by atoms with E-state index in [1.54, 1.807) is 12.1 Å². The molecule has 116 valence electrons. The van der Waals surface area contributed by atoms with Crippen molar-refractivity contribution in [1.82, 2.24) is 0 Å². The van der Waals surface area contributed by atoms with Crippen LogP contribution in [0.15, 0.2) is 48.5 Å². The Bertz CT molecular complexity index is 798. The fraction of sp³-hybridized carbons (Fsp3) is 0.176. The second-order valence-corrected chi connectivity index (χ2v) is 5.30. The van der Waals surface area contributed by atoms with Crippen molar-refractivity contribution in [1.29, 1.82) is 0 Å². The summed E-state index contributed by atoms with van der Waals surface area (Å²) >= 11 is 0. The lowest BCUT2D eigenvalue weighted by Crippen LogP contribution is -2.35. The van der Waals surface area contributed by atoms with Crippen LogP contribution < -0.4 is 4.90 Å². The third-order valence-corrected chi connectivity index (χ3v) is 4.01. The topological polar surface area (TPSA) is 80.5 Å². The largest absolute Gasteiger partial charge is 0.273 e. The smallest absolute Gasteiger partial charge is 0.269 e. The summed E-state index contributed by atoms with van der Waals surface area (Å²) < 4.78 is 0. The maximum atomic E-state index is 12.7. The first kappa shape index (κ1) is 14.9. The number of nitro benzene ring substituents is 1. The SMILES string of the molecule is CCC1C(=O)N(C(=O)c2ccc([N+](=O)[O-])cc2)c2ccccc21. The summed E-state index contributed by atoms with van der Waals surface area (Å²) in [6.07, 6.45) is 0.611. The number of benzene rings is 2. The summed E-state index contributed by atoms with van der Waals surface area (Å²) in [5.74, 6) is -1.04. The van der Waals surface area contributed by atoms with Gasteiger partial charge in [-0.2, -0.15) is 0 Å². The van der Waals surface area contributed by atoms with Crippen LogP contribution in [0.4, 0.5) is 11.4 Å². The molecule has 2 aromatic rings. The van der Waals surface area contributed by atoms with E-state index in [-0.39, 0.29) is 23.1 Å². The molecular weight excluding hydrogens is 296 g/mol. The van der Waals surface area contributed by atoms with Crippen molar-refractivity contribution in [3.05, 3.63) is 69.8 Å². The molecule has 1 aliphatic rings. The summed E-state index contributed by atoms with van der Waals surface area (Å²) in [6, 6.07) is 12.5. The molecule has 3 rings (SSSR count). The van der Waals surface area contributed by atoms with Gasteiger partial charge >= 0.3 is 0 Å². The molecule has 0 saturated heterocycles. The van der Waals surface area contributed by atoms with Gasteiger partial charge in [0.05, 0.1) is 16.5 Å². The van der Waals surface area contributed by atoms with E-state index in [4.69, 9.17) is 0 Å².